The van der Waals surface area contributed by atoms with Gasteiger partial charge in [0.05, 0.1) is 0 Å². The Morgan fingerprint density at radius 3 is 2.50 bits per heavy atom. The van der Waals surface area contributed by atoms with Crippen molar-refractivity contribution < 1.29 is 14.3 Å². The van der Waals surface area contributed by atoms with Gasteiger partial charge >= 0.3 is 0 Å². The molecule has 1 unspecified atom stereocenters. The van der Waals surface area contributed by atoms with Crippen LogP contribution in [0.25, 0.3) is 0 Å². The van der Waals surface area contributed by atoms with E-state index in [1.54, 1.807) is 49.5 Å². The van der Waals surface area contributed by atoms with E-state index in [0.29, 0.717) is 11.1 Å². The number of aliphatic hydroxyl groups is 1. The molecule has 0 spiro atoms. The summed E-state index contributed by atoms with van der Waals surface area (Å²) in [5, 5.41) is 10.3. The number of halogens is 1. The zero-order valence-electron chi connectivity index (χ0n) is 12.5. The molecule has 0 saturated heterocycles. The Bertz CT molecular complexity index is 681. The average molecular weight is 299 g/mol. The summed E-state index contributed by atoms with van der Waals surface area (Å²) in [5.41, 5.74) is 1.01. The molecule has 0 amide bonds. The summed E-state index contributed by atoms with van der Waals surface area (Å²) in [4.78, 5) is 13.8. The Morgan fingerprint density at radius 2 is 1.86 bits per heavy atom. The maximum absolute atomic E-state index is 14.0. The number of carbonyl (C=O) groups is 1. The molecule has 2 aromatic rings. The first-order chi connectivity index (χ1) is 10.5. The summed E-state index contributed by atoms with van der Waals surface area (Å²) < 4.78 is 14.0. The van der Waals surface area contributed by atoms with Gasteiger partial charge in [-0.25, -0.2) is 4.39 Å². The van der Waals surface area contributed by atoms with E-state index < -0.39 is 11.9 Å². The fraction of sp³-hybridized carbons (Fsp3) is 0.167. The summed E-state index contributed by atoms with van der Waals surface area (Å²) in [5.74, 6) is -0.778. The highest BCUT2D eigenvalue weighted by atomic mass is 19.1. The second-order valence-corrected chi connectivity index (χ2v) is 5.19. The van der Waals surface area contributed by atoms with Crippen molar-refractivity contribution in [3.8, 4) is 0 Å². The smallest absolute Gasteiger partial charge is 0.187 e. The van der Waals surface area contributed by atoms with Crippen LogP contribution >= 0.6 is 0 Å². The van der Waals surface area contributed by atoms with Crippen LogP contribution in [-0.2, 0) is 0 Å². The lowest BCUT2D eigenvalue weighted by atomic mass is 9.98. The van der Waals surface area contributed by atoms with Gasteiger partial charge in [0.25, 0.3) is 0 Å². The molecule has 1 atom stereocenters. The molecule has 0 saturated carbocycles. The van der Waals surface area contributed by atoms with E-state index in [-0.39, 0.29) is 11.3 Å². The number of carbonyl (C=O) groups excluding carboxylic acids is 1. The molecule has 4 heteroatoms. The molecule has 2 aromatic carbocycles. The highest BCUT2D eigenvalue weighted by Gasteiger charge is 2.16. The summed E-state index contributed by atoms with van der Waals surface area (Å²) in [7, 11) is 3.61. The topological polar surface area (TPSA) is 40.5 Å². The molecule has 0 aliphatic carbocycles. The number of aliphatic hydroxyl groups excluding tert-OH is 1. The first-order valence-corrected chi connectivity index (χ1v) is 6.90. The number of hydrogen-bond donors (Lipinski definition) is 1. The second kappa shape index (κ2) is 7.00. The average Bonchev–Trinajstić information content (AvgIpc) is 2.53. The van der Waals surface area contributed by atoms with Gasteiger partial charge in [0.15, 0.2) is 5.78 Å². The Morgan fingerprint density at radius 1 is 1.18 bits per heavy atom. The lowest BCUT2D eigenvalue weighted by Gasteiger charge is -2.13. The van der Waals surface area contributed by atoms with Crippen molar-refractivity contribution in [3.05, 3.63) is 83.3 Å². The van der Waals surface area contributed by atoms with E-state index in [9.17, 15) is 14.3 Å². The maximum Gasteiger partial charge on any atom is 0.187 e. The normalized spacial score (nSPS) is 12.4. The molecule has 0 heterocycles. The highest BCUT2D eigenvalue weighted by molar-refractivity contribution is 6.04. The third kappa shape index (κ3) is 3.80. The first kappa shape index (κ1) is 15.9. The van der Waals surface area contributed by atoms with Gasteiger partial charge in [-0.2, -0.15) is 0 Å². The minimum atomic E-state index is -1.10. The van der Waals surface area contributed by atoms with Gasteiger partial charge in [-0.15, -0.1) is 0 Å². The van der Waals surface area contributed by atoms with Crippen molar-refractivity contribution in [2.24, 2.45) is 0 Å². The Kier molecular flexibility index (Phi) is 5.07. The number of nitrogens with zero attached hydrogens (tertiary/aromatic N) is 1. The van der Waals surface area contributed by atoms with Crippen molar-refractivity contribution in [3.63, 3.8) is 0 Å². The fourth-order valence-corrected chi connectivity index (χ4v) is 2.03. The van der Waals surface area contributed by atoms with Crippen LogP contribution in [0.15, 0.2) is 60.8 Å². The molecule has 2 rings (SSSR count). The fourth-order valence-electron chi connectivity index (χ4n) is 2.03. The van der Waals surface area contributed by atoms with Crippen LogP contribution in [-0.4, -0.2) is 29.9 Å². The molecule has 0 bridgehead atoms. The lowest BCUT2D eigenvalue weighted by molar-refractivity contribution is 0.104. The van der Waals surface area contributed by atoms with Gasteiger partial charge in [-0.1, -0.05) is 30.3 Å². The van der Waals surface area contributed by atoms with E-state index in [1.807, 2.05) is 6.07 Å². The molecule has 3 nitrogen and oxygen atoms in total. The third-order valence-electron chi connectivity index (χ3n) is 3.21. The van der Waals surface area contributed by atoms with Gasteiger partial charge < -0.3 is 10.0 Å². The number of rotatable bonds is 5. The number of hydrogen-bond acceptors (Lipinski definition) is 3. The van der Waals surface area contributed by atoms with Crippen LogP contribution in [0.3, 0.4) is 0 Å². The zero-order chi connectivity index (χ0) is 16.1. The summed E-state index contributed by atoms with van der Waals surface area (Å²) in [6.07, 6.45) is 1.93. The Hall–Kier alpha value is -2.46. The van der Waals surface area contributed by atoms with Gasteiger partial charge in [0.2, 0.25) is 0 Å². The van der Waals surface area contributed by atoms with Crippen LogP contribution in [0.2, 0.25) is 0 Å². The minimum absolute atomic E-state index is 0.0929. The quantitative estimate of drug-likeness (QED) is 0.681. The van der Waals surface area contributed by atoms with Crippen molar-refractivity contribution in [2.45, 2.75) is 6.10 Å². The van der Waals surface area contributed by atoms with Crippen molar-refractivity contribution in [1.82, 2.24) is 4.90 Å². The molecule has 0 radical (unpaired) electrons. The number of allylic oxidation sites excluding steroid dienone is 1. The second-order valence-electron chi connectivity index (χ2n) is 5.19. The largest absolute Gasteiger partial charge is 0.384 e. The molecule has 0 aliphatic rings. The molecule has 114 valence electrons. The predicted molar refractivity (Wildman–Crippen MR) is 84.1 cm³/mol. The van der Waals surface area contributed by atoms with Crippen LogP contribution < -0.4 is 0 Å². The Balaban J connectivity index is 2.33. The third-order valence-corrected chi connectivity index (χ3v) is 3.21. The van der Waals surface area contributed by atoms with Crippen molar-refractivity contribution in [1.29, 1.82) is 0 Å². The van der Waals surface area contributed by atoms with Crippen LogP contribution in [0, 0.1) is 5.82 Å². The molecule has 1 N–H and O–H groups in total. The van der Waals surface area contributed by atoms with Crippen molar-refractivity contribution >= 4 is 5.78 Å². The Labute approximate surface area is 129 Å². The monoisotopic (exact) mass is 299 g/mol. The molecular weight excluding hydrogens is 281 g/mol. The highest BCUT2D eigenvalue weighted by Crippen LogP contribution is 2.25. The molecule has 0 aliphatic heterocycles. The van der Waals surface area contributed by atoms with E-state index in [2.05, 4.69) is 0 Å². The van der Waals surface area contributed by atoms with Gasteiger partial charge in [0, 0.05) is 37.5 Å². The predicted octanol–water partition coefficient (Wildman–Crippen LogP) is 3.17. The van der Waals surface area contributed by atoms with Crippen LogP contribution in [0.1, 0.15) is 27.6 Å². The van der Waals surface area contributed by atoms with E-state index in [0.717, 1.165) is 0 Å². The molecular formula is C18H18FNO2. The lowest BCUT2D eigenvalue weighted by Crippen LogP contribution is -2.06. The molecule has 0 fully saturated rings. The van der Waals surface area contributed by atoms with Crippen molar-refractivity contribution in [2.75, 3.05) is 14.1 Å². The standard InChI is InChI=1S/C18H18FNO2/c1-20(2)11-10-17(21)14-8-9-16(19)15(12-14)18(22)13-6-4-3-5-7-13/h3-12,18,22H,1-2H3. The number of benzene rings is 2. The maximum atomic E-state index is 14.0. The van der Waals surface area contributed by atoms with Crippen LogP contribution in [0.4, 0.5) is 4.39 Å². The van der Waals surface area contributed by atoms with Crippen LogP contribution in [0.5, 0.6) is 0 Å². The van der Waals surface area contributed by atoms with Gasteiger partial charge in [-0.3, -0.25) is 4.79 Å². The van der Waals surface area contributed by atoms with E-state index >= 15 is 0 Å². The molecule has 0 aromatic heterocycles. The molecule has 22 heavy (non-hydrogen) atoms. The first-order valence-electron chi connectivity index (χ1n) is 6.90. The van der Waals surface area contributed by atoms with Gasteiger partial charge in [0.1, 0.15) is 11.9 Å². The van der Waals surface area contributed by atoms with E-state index in [4.69, 9.17) is 0 Å². The minimum Gasteiger partial charge on any atom is -0.384 e. The van der Waals surface area contributed by atoms with E-state index in [1.165, 1.54) is 24.3 Å². The summed E-state index contributed by atoms with van der Waals surface area (Å²) >= 11 is 0. The SMILES string of the molecule is CN(C)C=CC(=O)c1ccc(F)c(C(O)c2ccccc2)c1. The number of ketones is 1. The summed E-state index contributed by atoms with van der Waals surface area (Å²) in [6.45, 7) is 0. The van der Waals surface area contributed by atoms with Gasteiger partial charge in [-0.05, 0) is 23.8 Å². The summed E-state index contributed by atoms with van der Waals surface area (Å²) in [6, 6.07) is 12.8. The zero-order valence-corrected chi connectivity index (χ0v) is 12.5.